The molecular formula is C9H19NO3. The number of hydrogen-bond donors (Lipinski definition) is 2. The summed E-state index contributed by atoms with van der Waals surface area (Å²) in [5.74, 6) is -1.11. The second-order valence-corrected chi connectivity index (χ2v) is 3.11. The van der Waals surface area contributed by atoms with E-state index in [1.807, 2.05) is 14.0 Å². The molecule has 0 saturated heterocycles. The van der Waals surface area contributed by atoms with E-state index in [0.29, 0.717) is 19.6 Å². The van der Waals surface area contributed by atoms with Gasteiger partial charge in [-0.2, -0.15) is 0 Å². The van der Waals surface area contributed by atoms with Gasteiger partial charge in [-0.15, -0.1) is 0 Å². The average molecular weight is 189 g/mol. The van der Waals surface area contributed by atoms with E-state index in [0.717, 1.165) is 0 Å². The molecule has 0 fully saturated rings. The van der Waals surface area contributed by atoms with Crippen LogP contribution >= 0.6 is 0 Å². The molecular weight excluding hydrogens is 170 g/mol. The fourth-order valence-corrected chi connectivity index (χ4v) is 1.17. The standard InChI is InChI=1S/C9H19NO3/c1-4-13-8(6-10-3)5-7(2)9(11)12/h7-8,10H,4-6H2,1-3H3,(H,11,12)/t7?,8-/m1/s1. The SMILES string of the molecule is CCO[C@@H](CNC)CC(C)C(=O)O. The van der Waals surface area contributed by atoms with E-state index in [1.54, 1.807) is 6.92 Å². The predicted octanol–water partition coefficient (Wildman–Crippen LogP) is 0.722. The lowest BCUT2D eigenvalue weighted by molar-refractivity contribution is -0.142. The summed E-state index contributed by atoms with van der Waals surface area (Å²) >= 11 is 0. The number of carboxylic acid groups (broad SMARTS) is 1. The molecule has 78 valence electrons. The van der Waals surface area contributed by atoms with Crippen molar-refractivity contribution < 1.29 is 14.6 Å². The highest BCUT2D eigenvalue weighted by atomic mass is 16.5. The van der Waals surface area contributed by atoms with E-state index in [9.17, 15) is 4.79 Å². The second-order valence-electron chi connectivity index (χ2n) is 3.11. The molecule has 0 heterocycles. The van der Waals surface area contributed by atoms with Crippen LogP contribution in [0.4, 0.5) is 0 Å². The Labute approximate surface area is 79.3 Å². The molecule has 4 heteroatoms. The van der Waals surface area contributed by atoms with Crippen molar-refractivity contribution in [1.29, 1.82) is 0 Å². The number of aliphatic carboxylic acids is 1. The van der Waals surface area contributed by atoms with Gasteiger partial charge < -0.3 is 15.2 Å². The van der Waals surface area contributed by atoms with Gasteiger partial charge in [0.1, 0.15) is 0 Å². The first-order valence-corrected chi connectivity index (χ1v) is 4.60. The minimum absolute atomic E-state index is 0.00102. The topological polar surface area (TPSA) is 58.6 Å². The summed E-state index contributed by atoms with van der Waals surface area (Å²) in [5, 5.41) is 11.7. The van der Waals surface area contributed by atoms with Crippen LogP contribution in [0.5, 0.6) is 0 Å². The molecule has 2 N–H and O–H groups in total. The quantitative estimate of drug-likeness (QED) is 0.619. The van der Waals surface area contributed by atoms with Gasteiger partial charge in [0.2, 0.25) is 0 Å². The number of carboxylic acids is 1. The minimum Gasteiger partial charge on any atom is -0.481 e. The van der Waals surface area contributed by atoms with Crippen LogP contribution in [0.2, 0.25) is 0 Å². The molecule has 1 unspecified atom stereocenters. The zero-order valence-corrected chi connectivity index (χ0v) is 8.54. The Bertz CT molecular complexity index is 144. The molecule has 0 saturated carbocycles. The van der Waals surface area contributed by atoms with Crippen LogP contribution in [0.1, 0.15) is 20.3 Å². The van der Waals surface area contributed by atoms with E-state index in [4.69, 9.17) is 9.84 Å². The summed E-state index contributed by atoms with van der Waals surface area (Å²) < 4.78 is 5.38. The molecule has 0 radical (unpaired) electrons. The summed E-state index contributed by atoms with van der Waals surface area (Å²) in [6.07, 6.45) is 0.561. The van der Waals surface area contributed by atoms with Gasteiger partial charge in [-0.3, -0.25) is 4.79 Å². The van der Waals surface area contributed by atoms with Gasteiger partial charge in [0.15, 0.2) is 0 Å². The molecule has 0 aliphatic heterocycles. The molecule has 0 aromatic heterocycles. The Morgan fingerprint density at radius 3 is 2.62 bits per heavy atom. The highest BCUT2D eigenvalue weighted by Crippen LogP contribution is 2.08. The third-order valence-corrected chi connectivity index (χ3v) is 1.87. The second kappa shape index (κ2) is 6.86. The summed E-state index contributed by atoms with van der Waals surface area (Å²) in [4.78, 5) is 10.6. The maximum absolute atomic E-state index is 10.6. The van der Waals surface area contributed by atoms with Gasteiger partial charge in [0, 0.05) is 13.2 Å². The zero-order chi connectivity index (χ0) is 10.3. The summed E-state index contributed by atoms with van der Waals surface area (Å²) in [5.41, 5.74) is 0. The van der Waals surface area contributed by atoms with E-state index in [-0.39, 0.29) is 12.0 Å². The molecule has 0 aliphatic carbocycles. The van der Waals surface area contributed by atoms with Crippen molar-refractivity contribution in [2.24, 2.45) is 5.92 Å². The monoisotopic (exact) mass is 189 g/mol. The zero-order valence-electron chi connectivity index (χ0n) is 8.54. The average Bonchev–Trinajstić information content (AvgIpc) is 2.05. The Kier molecular flexibility index (Phi) is 6.54. The van der Waals surface area contributed by atoms with Crippen LogP contribution in [0.15, 0.2) is 0 Å². The fourth-order valence-electron chi connectivity index (χ4n) is 1.17. The van der Waals surface area contributed by atoms with Crippen LogP contribution in [-0.2, 0) is 9.53 Å². The number of rotatable bonds is 7. The number of hydrogen-bond acceptors (Lipinski definition) is 3. The lowest BCUT2D eigenvalue weighted by atomic mass is 10.0. The normalized spacial score (nSPS) is 15.3. The van der Waals surface area contributed by atoms with Gasteiger partial charge in [-0.05, 0) is 20.4 Å². The van der Waals surface area contributed by atoms with Crippen molar-refractivity contribution >= 4 is 5.97 Å². The molecule has 2 atom stereocenters. The third-order valence-electron chi connectivity index (χ3n) is 1.87. The molecule has 0 bridgehead atoms. The Balaban J connectivity index is 3.85. The Hall–Kier alpha value is -0.610. The van der Waals surface area contributed by atoms with E-state index >= 15 is 0 Å². The summed E-state index contributed by atoms with van der Waals surface area (Å²) in [6.45, 7) is 4.93. The third kappa shape index (κ3) is 5.60. The summed E-state index contributed by atoms with van der Waals surface area (Å²) in [7, 11) is 1.83. The number of likely N-dealkylation sites (N-methyl/N-ethyl adjacent to an activating group) is 1. The number of nitrogens with one attached hydrogen (secondary N) is 1. The smallest absolute Gasteiger partial charge is 0.306 e. The van der Waals surface area contributed by atoms with Crippen LogP contribution < -0.4 is 5.32 Å². The van der Waals surface area contributed by atoms with Crippen molar-refractivity contribution in [1.82, 2.24) is 5.32 Å². The molecule has 13 heavy (non-hydrogen) atoms. The first-order valence-electron chi connectivity index (χ1n) is 4.60. The molecule has 0 spiro atoms. The molecule has 0 amide bonds. The van der Waals surface area contributed by atoms with Crippen LogP contribution in [0, 0.1) is 5.92 Å². The first-order chi connectivity index (χ1) is 6.11. The first kappa shape index (κ1) is 12.4. The van der Waals surface area contributed by atoms with E-state index in [1.165, 1.54) is 0 Å². The van der Waals surface area contributed by atoms with Crippen LogP contribution in [-0.4, -0.2) is 37.4 Å². The highest BCUT2D eigenvalue weighted by Gasteiger charge is 2.17. The maximum Gasteiger partial charge on any atom is 0.306 e. The van der Waals surface area contributed by atoms with E-state index in [2.05, 4.69) is 5.32 Å². The number of carbonyl (C=O) groups is 1. The molecule has 0 aromatic carbocycles. The molecule has 0 aliphatic rings. The fraction of sp³-hybridized carbons (Fsp3) is 0.889. The molecule has 0 rings (SSSR count). The Morgan fingerprint density at radius 2 is 2.23 bits per heavy atom. The van der Waals surface area contributed by atoms with Crippen molar-refractivity contribution in [3.05, 3.63) is 0 Å². The van der Waals surface area contributed by atoms with Gasteiger partial charge >= 0.3 is 5.97 Å². The lowest BCUT2D eigenvalue weighted by Crippen LogP contribution is -2.30. The van der Waals surface area contributed by atoms with Crippen LogP contribution in [0.3, 0.4) is 0 Å². The van der Waals surface area contributed by atoms with Crippen molar-refractivity contribution in [2.45, 2.75) is 26.4 Å². The highest BCUT2D eigenvalue weighted by molar-refractivity contribution is 5.69. The largest absolute Gasteiger partial charge is 0.481 e. The number of ether oxygens (including phenoxy) is 1. The van der Waals surface area contributed by atoms with Gasteiger partial charge in [-0.25, -0.2) is 0 Å². The van der Waals surface area contributed by atoms with Crippen molar-refractivity contribution in [3.8, 4) is 0 Å². The molecule has 4 nitrogen and oxygen atoms in total. The predicted molar refractivity (Wildman–Crippen MR) is 50.8 cm³/mol. The van der Waals surface area contributed by atoms with Gasteiger partial charge in [-0.1, -0.05) is 6.92 Å². The van der Waals surface area contributed by atoms with Crippen LogP contribution in [0.25, 0.3) is 0 Å². The van der Waals surface area contributed by atoms with E-state index < -0.39 is 5.97 Å². The summed E-state index contributed by atoms with van der Waals surface area (Å²) in [6, 6.07) is 0. The molecule has 0 aromatic rings. The lowest BCUT2D eigenvalue weighted by Gasteiger charge is -2.18. The maximum atomic E-state index is 10.6. The van der Waals surface area contributed by atoms with Gasteiger partial charge in [0.25, 0.3) is 0 Å². The van der Waals surface area contributed by atoms with Gasteiger partial charge in [0.05, 0.1) is 12.0 Å². The van der Waals surface area contributed by atoms with Crippen molar-refractivity contribution in [2.75, 3.05) is 20.2 Å². The van der Waals surface area contributed by atoms with Crippen molar-refractivity contribution in [3.63, 3.8) is 0 Å². The minimum atomic E-state index is -0.763. The Morgan fingerprint density at radius 1 is 1.62 bits per heavy atom.